The van der Waals surface area contributed by atoms with E-state index in [0.717, 1.165) is 6.29 Å². The maximum absolute atomic E-state index is 8.81. The molecule has 0 saturated heterocycles. The van der Waals surface area contributed by atoms with E-state index >= 15 is 0 Å². The first-order valence-electron chi connectivity index (χ1n) is 0.813. The van der Waals surface area contributed by atoms with Gasteiger partial charge in [-0.3, -0.25) is 0 Å². The molecule has 0 rings (SSSR count). The van der Waals surface area contributed by atoms with E-state index in [1.807, 2.05) is 0 Å². The van der Waals surface area contributed by atoms with Crippen LogP contribution in [0.1, 0.15) is 6.92 Å². The van der Waals surface area contributed by atoms with Gasteiger partial charge in [-0.1, -0.05) is 0 Å². The van der Waals surface area contributed by atoms with Crippen molar-refractivity contribution in [2.45, 2.75) is 6.92 Å². The Hall–Kier alpha value is 0.891. The summed E-state index contributed by atoms with van der Waals surface area (Å²) in [5, 5.41) is 0. The van der Waals surface area contributed by atoms with E-state index in [4.69, 9.17) is 4.79 Å². The molecule has 1 nitrogen and oxygen atoms in total. The molecular weight excluding hydrogens is 163 g/mol. The molecule has 0 aliphatic rings. The molecule has 0 aromatic rings. The van der Waals surface area contributed by atoms with Crippen LogP contribution in [0.3, 0.4) is 0 Å². The summed E-state index contributed by atoms with van der Waals surface area (Å²) in [7, 11) is 0. The summed E-state index contributed by atoms with van der Waals surface area (Å²) in [4.78, 5) is 8.81. The quantitative estimate of drug-likeness (QED) is 0.337. The fourth-order valence-corrected chi connectivity index (χ4v) is 0. The standard InChI is InChI=1S/C2H4O.Al.Mo.3H/c1-2-3;;;;;/h2H,1H3;;;;;. The van der Waals surface area contributed by atoms with Gasteiger partial charge in [0, 0.05) is 21.1 Å². The predicted octanol–water partition coefficient (Wildman–Crippen LogP) is -0.981. The van der Waals surface area contributed by atoms with Crippen molar-refractivity contribution < 1.29 is 25.9 Å². The Bertz CT molecular complexity index is 17.1. The van der Waals surface area contributed by atoms with Gasteiger partial charge in [0.2, 0.25) is 0 Å². The van der Waals surface area contributed by atoms with Crippen molar-refractivity contribution in [2.24, 2.45) is 0 Å². The Morgan fingerprint density at radius 2 is 1.60 bits per heavy atom. The Labute approximate surface area is 56.5 Å². The average Bonchev–Trinajstić information content (AvgIpc) is 0.918. The Morgan fingerprint density at radius 1 is 1.60 bits per heavy atom. The normalized spacial score (nSPS) is 2.60. The van der Waals surface area contributed by atoms with Crippen molar-refractivity contribution >= 4 is 23.6 Å². The molecule has 30 valence electrons. The summed E-state index contributed by atoms with van der Waals surface area (Å²) in [6.45, 7) is 1.44. The number of aldehydes is 1. The van der Waals surface area contributed by atoms with Gasteiger partial charge in [-0.15, -0.1) is 0 Å². The monoisotopic (exact) mass is 172 g/mol. The Balaban J connectivity index is -0.0000000200. The minimum atomic E-state index is 0. The fourth-order valence-electron chi connectivity index (χ4n) is 0. The first kappa shape index (κ1) is 16.9. The van der Waals surface area contributed by atoms with Gasteiger partial charge >= 0.3 is 0 Å². The van der Waals surface area contributed by atoms with Crippen LogP contribution in [0, 0.1) is 0 Å². The zero-order chi connectivity index (χ0) is 2.71. The van der Waals surface area contributed by atoms with Crippen LogP contribution in [0.25, 0.3) is 0 Å². The SMILES string of the molecule is CC=O.[AlH3].[Mo]. The van der Waals surface area contributed by atoms with E-state index < -0.39 is 0 Å². The van der Waals surface area contributed by atoms with E-state index in [0.29, 0.717) is 0 Å². The summed E-state index contributed by atoms with van der Waals surface area (Å²) in [5.41, 5.74) is 0. The molecule has 5 heavy (non-hydrogen) atoms. The van der Waals surface area contributed by atoms with Crippen LogP contribution in [0.15, 0.2) is 0 Å². The zero-order valence-electron chi connectivity index (χ0n) is 2.39. The zero-order valence-corrected chi connectivity index (χ0v) is 4.40. The van der Waals surface area contributed by atoms with Gasteiger partial charge in [-0.2, -0.15) is 0 Å². The molecule has 0 aromatic carbocycles. The summed E-state index contributed by atoms with van der Waals surface area (Å²) in [6.07, 6.45) is 0.750. The third-order valence-electron chi connectivity index (χ3n) is 0. The van der Waals surface area contributed by atoms with Gasteiger partial charge in [0.05, 0.1) is 0 Å². The molecule has 3 heteroatoms. The molecule has 0 aromatic heterocycles. The van der Waals surface area contributed by atoms with Crippen molar-refractivity contribution in [1.82, 2.24) is 0 Å². The molecule has 0 spiro atoms. The molecule has 0 aliphatic carbocycles. The van der Waals surface area contributed by atoms with Crippen LogP contribution in [0.2, 0.25) is 0 Å². The molecule has 0 saturated carbocycles. The number of hydrogen-bond donors (Lipinski definition) is 0. The molecule has 0 radical (unpaired) electrons. The Morgan fingerprint density at radius 3 is 1.60 bits per heavy atom. The van der Waals surface area contributed by atoms with E-state index in [1.54, 1.807) is 0 Å². The van der Waals surface area contributed by atoms with E-state index in [9.17, 15) is 0 Å². The maximum Gasteiger partial charge on any atom is 0.187 e. The summed E-state index contributed by atoms with van der Waals surface area (Å²) < 4.78 is 0. The van der Waals surface area contributed by atoms with Gasteiger partial charge in [-0.05, 0) is 6.92 Å². The van der Waals surface area contributed by atoms with Crippen LogP contribution in [-0.2, 0) is 25.9 Å². The first-order valence-corrected chi connectivity index (χ1v) is 0.813. The van der Waals surface area contributed by atoms with Crippen LogP contribution in [0.4, 0.5) is 0 Å². The van der Waals surface area contributed by atoms with Gasteiger partial charge in [-0.25, -0.2) is 0 Å². The second kappa shape index (κ2) is 20.7. The van der Waals surface area contributed by atoms with E-state index in [1.165, 1.54) is 6.92 Å². The number of carbonyl (C=O) groups is 1. The van der Waals surface area contributed by atoms with Crippen molar-refractivity contribution in [3.8, 4) is 0 Å². The maximum atomic E-state index is 8.81. The van der Waals surface area contributed by atoms with Crippen LogP contribution < -0.4 is 0 Å². The minimum Gasteiger partial charge on any atom is -0.304 e. The molecule has 0 aliphatic heterocycles. The van der Waals surface area contributed by atoms with Gasteiger partial charge < -0.3 is 4.79 Å². The van der Waals surface area contributed by atoms with Crippen LogP contribution >= 0.6 is 0 Å². The molecule has 0 fully saturated rings. The summed E-state index contributed by atoms with van der Waals surface area (Å²) in [5.74, 6) is 0. The van der Waals surface area contributed by atoms with Crippen molar-refractivity contribution in [1.29, 1.82) is 0 Å². The second-order valence-electron chi connectivity index (χ2n) is 0.236. The topological polar surface area (TPSA) is 17.1 Å². The van der Waals surface area contributed by atoms with Crippen molar-refractivity contribution in [3.63, 3.8) is 0 Å². The number of carbonyl (C=O) groups excluding carboxylic acids is 1. The van der Waals surface area contributed by atoms with Crippen LogP contribution in [0.5, 0.6) is 0 Å². The Kier molecular flexibility index (Phi) is 69.8. The largest absolute Gasteiger partial charge is 0.304 e. The van der Waals surface area contributed by atoms with Gasteiger partial charge in [0.1, 0.15) is 6.29 Å². The molecule has 0 bridgehead atoms. The number of rotatable bonds is 0. The van der Waals surface area contributed by atoms with Crippen molar-refractivity contribution in [3.05, 3.63) is 0 Å². The molecule has 0 amide bonds. The molecule has 0 unspecified atom stereocenters. The van der Waals surface area contributed by atoms with E-state index in [2.05, 4.69) is 0 Å². The average molecular weight is 170 g/mol. The predicted molar refractivity (Wildman–Crippen MR) is 21.7 cm³/mol. The first-order chi connectivity index (χ1) is 1.41. The molecule has 0 heterocycles. The van der Waals surface area contributed by atoms with Gasteiger partial charge in [0.15, 0.2) is 17.4 Å². The number of hydrogen-bond acceptors (Lipinski definition) is 1. The fraction of sp³-hybridized carbons (Fsp3) is 0.500. The molecule has 0 atom stereocenters. The summed E-state index contributed by atoms with van der Waals surface area (Å²) in [6, 6.07) is 0. The third-order valence-corrected chi connectivity index (χ3v) is 0. The third kappa shape index (κ3) is 51.5. The van der Waals surface area contributed by atoms with E-state index in [-0.39, 0.29) is 38.4 Å². The molecular formula is C2H7AlMoO. The van der Waals surface area contributed by atoms with Crippen molar-refractivity contribution in [2.75, 3.05) is 0 Å². The molecule has 0 N–H and O–H groups in total. The summed E-state index contributed by atoms with van der Waals surface area (Å²) >= 11 is 0. The van der Waals surface area contributed by atoms with Gasteiger partial charge in [0.25, 0.3) is 0 Å². The second-order valence-corrected chi connectivity index (χ2v) is 0.236. The smallest absolute Gasteiger partial charge is 0.187 e. The van der Waals surface area contributed by atoms with Crippen LogP contribution in [-0.4, -0.2) is 23.6 Å². The minimum absolute atomic E-state index is 0.